The van der Waals surface area contributed by atoms with Crippen molar-refractivity contribution >= 4 is 29.5 Å². The molecule has 4 saturated heterocycles. The zero-order chi connectivity index (χ0) is 29.9. The van der Waals surface area contributed by atoms with Crippen molar-refractivity contribution < 1.29 is 29.0 Å². The summed E-state index contributed by atoms with van der Waals surface area (Å²) in [6, 6.07) is 7.79. The Morgan fingerprint density at radius 3 is 2.62 bits per heavy atom. The van der Waals surface area contributed by atoms with Crippen molar-refractivity contribution in [1.29, 1.82) is 0 Å². The molecule has 2 bridgehead atoms. The zero-order valence-corrected chi connectivity index (χ0v) is 25.3. The molecule has 1 aromatic rings. The average molecular weight is 598 g/mol. The fraction of sp³-hybridized carbons (Fsp3) is 0.594. The van der Waals surface area contributed by atoms with Crippen molar-refractivity contribution in [1.82, 2.24) is 14.7 Å². The largest absolute Gasteiger partial charge is 0.465 e. The fourth-order valence-corrected chi connectivity index (χ4v) is 9.73. The van der Waals surface area contributed by atoms with Gasteiger partial charge in [0.15, 0.2) is 0 Å². The summed E-state index contributed by atoms with van der Waals surface area (Å²) in [4.78, 5) is 48.6. The van der Waals surface area contributed by atoms with Crippen molar-refractivity contribution in [2.24, 2.45) is 11.8 Å². The Bertz CT molecular complexity index is 1180. The standard InChI is InChI=1S/C32H43N3O6S/c1-4-6-19-41-30(39)26-25-28(37)35(24(22-36)23-10-8-7-9-11-23)27(32(25)13-12-31(26,3)42-32)29(38)34(14-5-2)16-15-33-17-20-40-21-18-33/h4-5,7-11,24-27,36H,1-2,6,12-22H2,3H3/t24-,25+,26+,27?,31-,32?/m1/s1. The van der Waals surface area contributed by atoms with E-state index in [0.29, 0.717) is 52.1 Å². The molecule has 6 atom stereocenters. The van der Waals surface area contributed by atoms with Gasteiger partial charge in [-0.3, -0.25) is 19.3 Å². The molecule has 2 amide bonds. The monoisotopic (exact) mass is 597 g/mol. The second-order valence-corrected chi connectivity index (χ2v) is 13.8. The van der Waals surface area contributed by atoms with Gasteiger partial charge in [0.1, 0.15) is 6.04 Å². The lowest BCUT2D eigenvalue weighted by Crippen LogP contribution is -2.56. The van der Waals surface area contributed by atoms with Crippen LogP contribution in [0.5, 0.6) is 0 Å². The first-order chi connectivity index (χ1) is 20.3. The van der Waals surface area contributed by atoms with Crippen LogP contribution in [-0.2, 0) is 23.9 Å². The number of rotatable bonds is 13. The third-order valence-electron chi connectivity index (χ3n) is 9.41. The first kappa shape index (κ1) is 30.8. The number of carbonyl (C=O) groups is 3. The average Bonchev–Trinajstić information content (AvgIpc) is 3.57. The number of aliphatic hydroxyl groups excluding tert-OH is 1. The Kier molecular flexibility index (Phi) is 9.47. The van der Waals surface area contributed by atoms with E-state index in [9.17, 15) is 19.5 Å². The van der Waals surface area contributed by atoms with E-state index < -0.39 is 39.4 Å². The molecule has 0 saturated carbocycles. The topological polar surface area (TPSA) is 99.6 Å². The first-order valence-electron chi connectivity index (χ1n) is 15.0. The number of morpholine rings is 1. The van der Waals surface area contributed by atoms with E-state index in [1.807, 2.05) is 37.3 Å². The predicted octanol–water partition coefficient (Wildman–Crippen LogP) is 2.67. The molecular weight excluding hydrogens is 554 g/mol. The van der Waals surface area contributed by atoms with E-state index in [-0.39, 0.29) is 25.0 Å². The molecule has 0 aromatic heterocycles. The number of hydrogen-bond donors (Lipinski definition) is 1. The summed E-state index contributed by atoms with van der Waals surface area (Å²) in [6.45, 7) is 14.0. The summed E-state index contributed by atoms with van der Waals surface area (Å²) in [6.07, 6.45) is 5.27. The third-order valence-corrected chi connectivity index (χ3v) is 11.4. The van der Waals surface area contributed by atoms with Gasteiger partial charge < -0.3 is 24.4 Å². The van der Waals surface area contributed by atoms with Crippen molar-refractivity contribution in [2.75, 3.05) is 59.2 Å². The number of amides is 2. The maximum Gasteiger partial charge on any atom is 0.311 e. The number of aliphatic hydroxyl groups is 1. The van der Waals surface area contributed by atoms with E-state index in [0.717, 1.165) is 18.7 Å². The van der Waals surface area contributed by atoms with Gasteiger partial charge in [0.25, 0.3) is 0 Å². The van der Waals surface area contributed by atoms with Crippen molar-refractivity contribution in [3.05, 3.63) is 61.2 Å². The highest BCUT2D eigenvalue weighted by Gasteiger charge is 2.78. The number of hydrogen-bond acceptors (Lipinski definition) is 8. The van der Waals surface area contributed by atoms with Gasteiger partial charge in [-0.2, -0.15) is 0 Å². The number of thioether (sulfide) groups is 1. The minimum Gasteiger partial charge on any atom is -0.465 e. The molecule has 1 spiro atoms. The van der Waals surface area contributed by atoms with Crippen molar-refractivity contribution in [3.8, 4) is 0 Å². The van der Waals surface area contributed by atoms with Crippen LogP contribution in [0.1, 0.15) is 37.8 Å². The van der Waals surface area contributed by atoms with Gasteiger partial charge in [-0.05, 0) is 31.7 Å². The molecule has 228 valence electrons. The molecule has 0 aliphatic carbocycles. The zero-order valence-electron chi connectivity index (χ0n) is 24.5. The van der Waals surface area contributed by atoms with Gasteiger partial charge in [0.2, 0.25) is 11.8 Å². The molecular formula is C32H43N3O6S. The minimum absolute atomic E-state index is 0.161. The van der Waals surface area contributed by atoms with Crippen molar-refractivity contribution in [3.63, 3.8) is 0 Å². The lowest BCUT2D eigenvalue weighted by Gasteiger charge is -2.40. The lowest BCUT2D eigenvalue weighted by molar-refractivity contribution is -0.156. The molecule has 4 aliphatic rings. The van der Waals surface area contributed by atoms with Gasteiger partial charge in [0, 0.05) is 37.5 Å². The Labute approximate surface area is 252 Å². The highest BCUT2D eigenvalue weighted by atomic mass is 32.2. The Balaban J connectivity index is 1.53. The number of benzene rings is 1. The molecule has 9 nitrogen and oxygen atoms in total. The predicted molar refractivity (Wildman–Crippen MR) is 162 cm³/mol. The van der Waals surface area contributed by atoms with Crippen LogP contribution in [0.25, 0.3) is 0 Å². The molecule has 10 heteroatoms. The van der Waals surface area contributed by atoms with Crippen LogP contribution >= 0.6 is 11.8 Å². The number of nitrogens with zero attached hydrogens (tertiary/aromatic N) is 3. The van der Waals surface area contributed by atoms with Crippen LogP contribution in [0, 0.1) is 11.8 Å². The normalized spacial score (nSPS) is 31.0. The number of esters is 1. The Hall–Kier alpha value is -2.66. The summed E-state index contributed by atoms with van der Waals surface area (Å²) >= 11 is 1.61. The first-order valence-corrected chi connectivity index (χ1v) is 15.8. The molecule has 2 unspecified atom stereocenters. The maximum atomic E-state index is 14.8. The molecule has 0 radical (unpaired) electrons. The van der Waals surface area contributed by atoms with Crippen LogP contribution in [-0.4, -0.2) is 112 Å². The van der Waals surface area contributed by atoms with Crippen molar-refractivity contribution in [2.45, 2.75) is 47.8 Å². The van der Waals surface area contributed by atoms with E-state index in [4.69, 9.17) is 9.47 Å². The van der Waals surface area contributed by atoms with Crippen LogP contribution in [0.2, 0.25) is 0 Å². The molecule has 4 aliphatic heterocycles. The summed E-state index contributed by atoms with van der Waals surface area (Å²) in [7, 11) is 0. The SMILES string of the molecule is C=CCCOC(=O)[C@@H]1[C@H]2C(=O)N([C@H](CO)c3ccccc3)C(C(=O)N(CC=C)CCN3CCOCC3)C23CC[C@@]1(C)S3. The van der Waals surface area contributed by atoms with Gasteiger partial charge in [-0.1, -0.05) is 42.5 Å². The van der Waals surface area contributed by atoms with E-state index >= 15 is 0 Å². The number of carbonyl (C=O) groups excluding carboxylic acids is 3. The highest BCUT2D eigenvalue weighted by molar-refractivity contribution is 8.02. The second kappa shape index (κ2) is 12.9. The molecule has 1 aromatic carbocycles. The van der Waals surface area contributed by atoms with E-state index in [2.05, 4.69) is 18.1 Å². The Morgan fingerprint density at radius 1 is 1.21 bits per heavy atom. The third kappa shape index (κ3) is 5.42. The van der Waals surface area contributed by atoms with Gasteiger partial charge >= 0.3 is 5.97 Å². The molecule has 5 rings (SSSR count). The molecule has 4 heterocycles. The van der Waals surface area contributed by atoms with Crippen LogP contribution in [0.3, 0.4) is 0 Å². The van der Waals surface area contributed by atoms with Gasteiger partial charge in [0.05, 0.1) is 49.1 Å². The number of likely N-dealkylation sites (tertiary alicyclic amines) is 1. The highest BCUT2D eigenvalue weighted by Crippen LogP contribution is 2.72. The van der Waals surface area contributed by atoms with E-state index in [1.165, 1.54) is 0 Å². The lowest BCUT2D eigenvalue weighted by atomic mass is 9.66. The van der Waals surface area contributed by atoms with Gasteiger partial charge in [-0.25, -0.2) is 0 Å². The van der Waals surface area contributed by atoms with Crippen LogP contribution < -0.4 is 0 Å². The number of ether oxygens (including phenoxy) is 2. The minimum atomic E-state index is -0.838. The fourth-order valence-electron chi connectivity index (χ4n) is 7.41. The summed E-state index contributed by atoms with van der Waals surface area (Å²) < 4.78 is 9.83. The second-order valence-electron chi connectivity index (χ2n) is 11.9. The van der Waals surface area contributed by atoms with Crippen LogP contribution in [0.4, 0.5) is 0 Å². The Morgan fingerprint density at radius 2 is 1.95 bits per heavy atom. The summed E-state index contributed by atoms with van der Waals surface area (Å²) in [5, 5.41) is 10.7. The summed E-state index contributed by atoms with van der Waals surface area (Å²) in [5.41, 5.74) is 0.752. The van der Waals surface area contributed by atoms with Crippen LogP contribution in [0.15, 0.2) is 55.6 Å². The summed E-state index contributed by atoms with van der Waals surface area (Å²) in [5.74, 6) is -2.20. The van der Waals surface area contributed by atoms with Gasteiger partial charge in [-0.15, -0.1) is 24.9 Å². The maximum absolute atomic E-state index is 14.8. The van der Waals surface area contributed by atoms with E-state index in [1.54, 1.807) is 33.7 Å². The molecule has 4 fully saturated rings. The molecule has 1 N–H and O–H groups in total. The quantitative estimate of drug-likeness (QED) is 0.211. The molecule has 42 heavy (non-hydrogen) atoms. The number of fused-ring (bicyclic) bond motifs is 1. The smallest absolute Gasteiger partial charge is 0.311 e.